The van der Waals surface area contributed by atoms with Gasteiger partial charge in [0.15, 0.2) is 16.2 Å². The van der Waals surface area contributed by atoms with Crippen LogP contribution >= 0.6 is 15.9 Å². The standard InChI is InChI=1S/C14H12BrFO4/c1-9-8-12(15)20-13(9)14(17)19-7-6-18-11-5-3-2-4-10(11)16/h2-5,8H,6-7H2,1H3. The topological polar surface area (TPSA) is 48.7 Å². The van der Waals surface area contributed by atoms with Crippen LogP contribution in [0.3, 0.4) is 0 Å². The van der Waals surface area contributed by atoms with Gasteiger partial charge in [0.2, 0.25) is 5.76 Å². The molecule has 106 valence electrons. The lowest BCUT2D eigenvalue weighted by atomic mass is 10.3. The Labute approximate surface area is 123 Å². The molecule has 20 heavy (non-hydrogen) atoms. The lowest BCUT2D eigenvalue weighted by Crippen LogP contribution is -2.13. The first-order chi connectivity index (χ1) is 9.58. The van der Waals surface area contributed by atoms with Crippen molar-refractivity contribution >= 4 is 21.9 Å². The highest BCUT2D eigenvalue weighted by atomic mass is 79.9. The van der Waals surface area contributed by atoms with E-state index in [1.807, 2.05) is 0 Å². The maximum absolute atomic E-state index is 13.2. The first-order valence-corrected chi connectivity index (χ1v) is 6.67. The molecule has 1 aromatic carbocycles. The van der Waals surface area contributed by atoms with E-state index >= 15 is 0 Å². The summed E-state index contributed by atoms with van der Waals surface area (Å²) in [4.78, 5) is 11.7. The molecule has 0 saturated heterocycles. The van der Waals surface area contributed by atoms with E-state index in [1.54, 1.807) is 25.1 Å². The third kappa shape index (κ3) is 3.60. The number of ether oxygens (including phenoxy) is 2. The van der Waals surface area contributed by atoms with Crippen molar-refractivity contribution in [1.82, 2.24) is 0 Å². The number of aryl methyl sites for hydroxylation is 1. The van der Waals surface area contributed by atoms with Gasteiger partial charge in [-0.25, -0.2) is 9.18 Å². The van der Waals surface area contributed by atoms with Crippen LogP contribution < -0.4 is 4.74 Å². The molecule has 0 amide bonds. The van der Waals surface area contributed by atoms with Crippen LogP contribution in [-0.2, 0) is 4.74 Å². The fourth-order valence-corrected chi connectivity index (χ4v) is 2.06. The lowest BCUT2D eigenvalue weighted by Gasteiger charge is -2.07. The lowest BCUT2D eigenvalue weighted by molar-refractivity contribution is 0.0410. The second-order valence-corrected chi connectivity index (χ2v) is 4.76. The minimum atomic E-state index is -0.578. The monoisotopic (exact) mass is 342 g/mol. The van der Waals surface area contributed by atoms with Crippen molar-refractivity contribution in [2.75, 3.05) is 13.2 Å². The zero-order valence-corrected chi connectivity index (χ0v) is 12.3. The molecule has 0 aliphatic heterocycles. The molecule has 0 atom stereocenters. The quantitative estimate of drug-likeness (QED) is 0.613. The van der Waals surface area contributed by atoms with Crippen molar-refractivity contribution in [3.63, 3.8) is 0 Å². The zero-order chi connectivity index (χ0) is 14.5. The largest absolute Gasteiger partial charge is 0.487 e. The van der Waals surface area contributed by atoms with Gasteiger partial charge in [-0.3, -0.25) is 0 Å². The summed E-state index contributed by atoms with van der Waals surface area (Å²) in [6, 6.07) is 7.70. The molecule has 0 radical (unpaired) electrons. The number of hydrogen-bond acceptors (Lipinski definition) is 4. The summed E-state index contributed by atoms with van der Waals surface area (Å²) in [5, 5.41) is 0. The van der Waals surface area contributed by atoms with E-state index in [4.69, 9.17) is 13.9 Å². The smallest absolute Gasteiger partial charge is 0.374 e. The van der Waals surface area contributed by atoms with Crippen LogP contribution in [0.1, 0.15) is 16.1 Å². The van der Waals surface area contributed by atoms with Gasteiger partial charge in [0.25, 0.3) is 0 Å². The van der Waals surface area contributed by atoms with Crippen LogP contribution in [0.4, 0.5) is 4.39 Å². The summed E-state index contributed by atoms with van der Waals surface area (Å²) in [5.41, 5.74) is 0.678. The van der Waals surface area contributed by atoms with E-state index in [2.05, 4.69) is 15.9 Å². The molecule has 6 heteroatoms. The van der Waals surface area contributed by atoms with E-state index in [-0.39, 0.29) is 24.7 Å². The number of carbonyl (C=O) groups excluding carboxylic acids is 1. The second kappa shape index (κ2) is 6.56. The molecule has 0 fully saturated rings. The van der Waals surface area contributed by atoms with E-state index in [0.717, 1.165) is 0 Å². The zero-order valence-electron chi connectivity index (χ0n) is 10.7. The molecule has 0 saturated carbocycles. The average Bonchev–Trinajstić information content (AvgIpc) is 2.75. The molecule has 2 rings (SSSR count). The van der Waals surface area contributed by atoms with Gasteiger partial charge in [-0.1, -0.05) is 12.1 Å². The number of carbonyl (C=O) groups is 1. The Balaban J connectivity index is 1.80. The van der Waals surface area contributed by atoms with E-state index in [0.29, 0.717) is 10.2 Å². The number of rotatable bonds is 5. The first kappa shape index (κ1) is 14.6. The highest BCUT2D eigenvalue weighted by Gasteiger charge is 2.16. The SMILES string of the molecule is Cc1cc(Br)oc1C(=O)OCCOc1ccccc1F. The molecule has 0 spiro atoms. The summed E-state index contributed by atoms with van der Waals surface area (Å²) in [7, 11) is 0. The molecule has 1 heterocycles. The molecule has 2 aromatic rings. The van der Waals surface area contributed by atoms with Crippen LogP contribution in [0.2, 0.25) is 0 Å². The van der Waals surface area contributed by atoms with Crippen molar-refractivity contribution in [2.45, 2.75) is 6.92 Å². The Morgan fingerprint density at radius 1 is 1.35 bits per heavy atom. The van der Waals surface area contributed by atoms with E-state index in [9.17, 15) is 9.18 Å². The average molecular weight is 343 g/mol. The van der Waals surface area contributed by atoms with Gasteiger partial charge in [0.1, 0.15) is 13.2 Å². The summed E-state index contributed by atoms with van der Waals surface area (Å²) in [6.07, 6.45) is 0. The number of halogens is 2. The number of benzene rings is 1. The van der Waals surface area contributed by atoms with Crippen LogP contribution in [0.25, 0.3) is 0 Å². The minimum Gasteiger partial charge on any atom is -0.487 e. The third-order valence-corrected chi connectivity index (χ3v) is 2.87. The summed E-state index contributed by atoms with van der Waals surface area (Å²) in [5.74, 6) is -0.766. The predicted octanol–water partition coefficient (Wildman–Crippen LogP) is 3.73. The Bertz CT molecular complexity index is 609. The van der Waals surface area contributed by atoms with Crippen LogP contribution in [0.15, 0.2) is 39.4 Å². The van der Waals surface area contributed by atoms with Gasteiger partial charge in [0, 0.05) is 5.56 Å². The van der Waals surface area contributed by atoms with E-state index in [1.165, 1.54) is 12.1 Å². The number of hydrogen-bond donors (Lipinski definition) is 0. The third-order valence-electron chi connectivity index (χ3n) is 2.48. The van der Waals surface area contributed by atoms with Crippen molar-refractivity contribution in [3.8, 4) is 5.75 Å². The van der Waals surface area contributed by atoms with Crippen LogP contribution in [0.5, 0.6) is 5.75 Å². The Kier molecular flexibility index (Phi) is 4.79. The maximum atomic E-state index is 13.2. The van der Waals surface area contributed by atoms with E-state index < -0.39 is 11.8 Å². The molecule has 1 aromatic heterocycles. The van der Waals surface area contributed by atoms with Crippen molar-refractivity contribution in [2.24, 2.45) is 0 Å². The Morgan fingerprint density at radius 3 is 2.75 bits per heavy atom. The van der Waals surface area contributed by atoms with Crippen molar-refractivity contribution in [1.29, 1.82) is 0 Å². The van der Waals surface area contributed by atoms with Gasteiger partial charge < -0.3 is 13.9 Å². The summed E-state index contributed by atoms with van der Waals surface area (Å²) in [6.45, 7) is 1.80. The van der Waals surface area contributed by atoms with Gasteiger partial charge >= 0.3 is 5.97 Å². The predicted molar refractivity (Wildman–Crippen MR) is 73.3 cm³/mol. The minimum absolute atomic E-state index is 0.00489. The molecule has 0 aliphatic rings. The molecule has 0 unspecified atom stereocenters. The fourth-order valence-electron chi connectivity index (χ4n) is 1.56. The van der Waals surface area contributed by atoms with Crippen molar-refractivity contribution in [3.05, 3.63) is 52.1 Å². The molecule has 0 N–H and O–H groups in total. The number of para-hydroxylation sites is 1. The molecule has 4 nitrogen and oxygen atoms in total. The first-order valence-electron chi connectivity index (χ1n) is 5.88. The number of esters is 1. The van der Waals surface area contributed by atoms with Gasteiger partial charge in [-0.15, -0.1) is 0 Å². The molecule has 0 bridgehead atoms. The summed E-state index contributed by atoms with van der Waals surface area (Å²) < 4.78 is 29.0. The highest BCUT2D eigenvalue weighted by Crippen LogP contribution is 2.20. The maximum Gasteiger partial charge on any atom is 0.374 e. The number of furan rings is 1. The summed E-state index contributed by atoms with van der Waals surface area (Å²) >= 11 is 3.13. The molecular formula is C14H12BrFO4. The molecular weight excluding hydrogens is 331 g/mol. The van der Waals surface area contributed by atoms with Gasteiger partial charge in [0.05, 0.1) is 0 Å². The highest BCUT2D eigenvalue weighted by molar-refractivity contribution is 9.10. The fraction of sp³-hybridized carbons (Fsp3) is 0.214. The second-order valence-electron chi connectivity index (χ2n) is 3.98. The van der Waals surface area contributed by atoms with Crippen LogP contribution in [-0.4, -0.2) is 19.2 Å². The van der Waals surface area contributed by atoms with Crippen LogP contribution in [0, 0.1) is 12.7 Å². The van der Waals surface area contributed by atoms with Crippen molar-refractivity contribution < 1.29 is 23.1 Å². The Hall–Kier alpha value is -1.82. The normalized spacial score (nSPS) is 10.3. The Morgan fingerprint density at radius 2 is 2.10 bits per heavy atom. The molecule has 0 aliphatic carbocycles. The van der Waals surface area contributed by atoms with Gasteiger partial charge in [-0.05, 0) is 41.1 Å². The van der Waals surface area contributed by atoms with Gasteiger partial charge in [-0.2, -0.15) is 0 Å².